The van der Waals surface area contributed by atoms with Crippen molar-refractivity contribution in [3.63, 3.8) is 0 Å². The minimum absolute atomic E-state index is 0.0736. The smallest absolute Gasteiger partial charge is 0.262 e. The Bertz CT molecular complexity index is 867. The highest BCUT2D eigenvalue weighted by Gasteiger charge is 2.35. The van der Waals surface area contributed by atoms with E-state index >= 15 is 0 Å². The van der Waals surface area contributed by atoms with Gasteiger partial charge in [0.15, 0.2) is 0 Å². The summed E-state index contributed by atoms with van der Waals surface area (Å²) in [7, 11) is 0. The number of aromatic nitrogens is 2. The number of carbonyl (C=O) groups excluding carboxylic acids is 1. The Hall–Kier alpha value is -1.69. The first-order chi connectivity index (χ1) is 12.1. The normalized spacial score (nSPS) is 23.7. The first-order valence-electron chi connectivity index (χ1n) is 9.31. The Labute approximate surface area is 151 Å². The van der Waals surface area contributed by atoms with Crippen LogP contribution in [0.3, 0.4) is 0 Å². The third-order valence-corrected chi connectivity index (χ3v) is 7.14. The Morgan fingerprint density at radius 2 is 2.00 bits per heavy atom. The van der Waals surface area contributed by atoms with Crippen LogP contribution in [0.15, 0.2) is 11.1 Å². The molecule has 1 amide bonds. The number of amides is 1. The van der Waals surface area contributed by atoms with Crippen LogP contribution in [0.1, 0.15) is 49.0 Å². The average Bonchev–Trinajstić information content (AvgIpc) is 2.92. The monoisotopic (exact) mass is 359 g/mol. The van der Waals surface area contributed by atoms with E-state index in [-0.39, 0.29) is 18.0 Å². The number of carbonyl (C=O) groups is 1. The number of fused-ring (bicyclic) bond motifs is 2. The van der Waals surface area contributed by atoms with E-state index in [2.05, 4.69) is 9.88 Å². The van der Waals surface area contributed by atoms with Gasteiger partial charge in [-0.2, -0.15) is 0 Å². The van der Waals surface area contributed by atoms with E-state index < -0.39 is 0 Å². The lowest BCUT2D eigenvalue weighted by Gasteiger charge is -2.44. The second-order valence-electron chi connectivity index (χ2n) is 7.48. The van der Waals surface area contributed by atoms with Gasteiger partial charge >= 0.3 is 0 Å². The third-order valence-electron chi connectivity index (χ3n) is 6.02. The molecule has 1 saturated heterocycles. The van der Waals surface area contributed by atoms with Gasteiger partial charge in [0.1, 0.15) is 11.4 Å². The molecule has 2 fully saturated rings. The minimum atomic E-state index is -0.0857. The number of aryl methyl sites for hydroxylation is 2. The lowest BCUT2D eigenvalue weighted by Crippen LogP contribution is -2.51. The summed E-state index contributed by atoms with van der Waals surface area (Å²) in [5, 5.41) is 0.673. The molecule has 6 heteroatoms. The maximum absolute atomic E-state index is 12.9. The predicted octanol–water partition coefficient (Wildman–Crippen LogP) is 3.26. The van der Waals surface area contributed by atoms with Gasteiger partial charge in [-0.25, -0.2) is 4.98 Å². The van der Waals surface area contributed by atoms with Crippen molar-refractivity contribution in [3.8, 4) is 0 Å². The number of thiophene rings is 1. The van der Waals surface area contributed by atoms with Crippen molar-refractivity contribution in [2.45, 2.75) is 65.0 Å². The molecule has 25 heavy (non-hydrogen) atoms. The highest BCUT2D eigenvalue weighted by atomic mass is 32.1. The molecule has 3 heterocycles. The summed E-state index contributed by atoms with van der Waals surface area (Å²) in [6.07, 6.45) is 8.74. The second kappa shape index (κ2) is 6.56. The number of rotatable bonds is 2. The number of likely N-dealkylation sites (tertiary alicyclic amines) is 1. The van der Waals surface area contributed by atoms with Crippen LogP contribution in [0.5, 0.6) is 0 Å². The first-order valence-corrected chi connectivity index (χ1v) is 10.1. The van der Waals surface area contributed by atoms with Gasteiger partial charge in [0, 0.05) is 17.5 Å². The predicted molar refractivity (Wildman–Crippen MR) is 100 cm³/mol. The zero-order chi connectivity index (χ0) is 17.6. The fraction of sp³-hybridized carbons (Fsp3) is 0.632. The Morgan fingerprint density at radius 1 is 1.24 bits per heavy atom. The summed E-state index contributed by atoms with van der Waals surface area (Å²) in [4.78, 5) is 34.1. The molecule has 0 bridgehead atoms. The quantitative estimate of drug-likeness (QED) is 0.827. The van der Waals surface area contributed by atoms with Crippen LogP contribution >= 0.6 is 11.3 Å². The summed E-state index contributed by atoms with van der Waals surface area (Å²) < 4.78 is 1.50. The highest BCUT2D eigenvalue weighted by molar-refractivity contribution is 7.18. The molecule has 4 rings (SSSR count). The zero-order valence-corrected chi connectivity index (χ0v) is 15.8. The number of piperidine rings is 1. The Balaban J connectivity index is 1.60. The molecule has 0 spiro atoms. The summed E-state index contributed by atoms with van der Waals surface area (Å²) in [5.41, 5.74) is 0.905. The van der Waals surface area contributed by atoms with E-state index in [0.717, 1.165) is 34.7 Å². The maximum Gasteiger partial charge on any atom is 0.262 e. The van der Waals surface area contributed by atoms with Crippen molar-refractivity contribution in [2.75, 3.05) is 6.54 Å². The Kier molecular flexibility index (Phi) is 4.40. The van der Waals surface area contributed by atoms with Crippen LogP contribution in [0, 0.1) is 19.8 Å². The average molecular weight is 359 g/mol. The zero-order valence-electron chi connectivity index (χ0n) is 15.0. The van der Waals surface area contributed by atoms with Gasteiger partial charge in [0.2, 0.25) is 5.91 Å². The molecule has 0 aromatic carbocycles. The molecule has 0 radical (unpaired) electrons. The number of nitrogens with zero attached hydrogens (tertiary/aromatic N) is 3. The van der Waals surface area contributed by atoms with E-state index in [1.807, 2.05) is 13.8 Å². The van der Waals surface area contributed by atoms with E-state index in [4.69, 9.17) is 0 Å². The van der Waals surface area contributed by atoms with Crippen LogP contribution in [0.2, 0.25) is 0 Å². The van der Waals surface area contributed by atoms with Crippen molar-refractivity contribution in [1.82, 2.24) is 14.5 Å². The summed E-state index contributed by atoms with van der Waals surface area (Å²) >= 11 is 1.54. The van der Waals surface area contributed by atoms with Crippen LogP contribution < -0.4 is 5.56 Å². The summed E-state index contributed by atoms with van der Waals surface area (Å²) in [5.74, 6) is 0.731. The van der Waals surface area contributed by atoms with Crippen LogP contribution in [0.25, 0.3) is 10.2 Å². The Morgan fingerprint density at radius 3 is 2.84 bits per heavy atom. The van der Waals surface area contributed by atoms with Gasteiger partial charge in [-0.1, -0.05) is 12.8 Å². The van der Waals surface area contributed by atoms with Gasteiger partial charge in [-0.3, -0.25) is 14.2 Å². The number of hydrogen-bond donors (Lipinski definition) is 0. The van der Waals surface area contributed by atoms with Gasteiger partial charge in [0.25, 0.3) is 5.56 Å². The molecule has 2 aliphatic rings. The molecule has 1 aliphatic heterocycles. The van der Waals surface area contributed by atoms with Gasteiger partial charge < -0.3 is 4.90 Å². The van der Waals surface area contributed by atoms with Gasteiger partial charge in [-0.15, -0.1) is 11.3 Å². The van der Waals surface area contributed by atoms with E-state index in [1.165, 1.54) is 30.3 Å². The number of hydrogen-bond acceptors (Lipinski definition) is 4. The van der Waals surface area contributed by atoms with E-state index in [9.17, 15) is 9.59 Å². The topological polar surface area (TPSA) is 55.2 Å². The molecule has 0 N–H and O–H groups in total. The van der Waals surface area contributed by atoms with Crippen molar-refractivity contribution >= 4 is 27.5 Å². The van der Waals surface area contributed by atoms with Crippen LogP contribution in [-0.2, 0) is 11.3 Å². The second-order valence-corrected chi connectivity index (χ2v) is 8.69. The van der Waals surface area contributed by atoms with Gasteiger partial charge in [-0.05, 0) is 51.0 Å². The lowest BCUT2D eigenvalue weighted by atomic mass is 9.78. The fourth-order valence-corrected chi connectivity index (χ4v) is 5.54. The largest absolute Gasteiger partial charge is 0.338 e. The van der Waals surface area contributed by atoms with Crippen molar-refractivity contribution in [2.24, 2.45) is 5.92 Å². The molecular formula is C19H25N3O2S. The fourth-order valence-electron chi connectivity index (χ4n) is 4.55. The van der Waals surface area contributed by atoms with Crippen LogP contribution in [-0.4, -0.2) is 32.9 Å². The van der Waals surface area contributed by atoms with E-state index in [0.29, 0.717) is 17.3 Å². The molecule has 5 nitrogen and oxygen atoms in total. The SMILES string of the molecule is Cc1sc2ncn(CC(=O)N3CCC[C@H]4CCCC[C@@H]43)c(=O)c2c1C. The third kappa shape index (κ3) is 2.90. The molecule has 2 aromatic heterocycles. The van der Waals surface area contributed by atoms with Crippen LogP contribution in [0.4, 0.5) is 0 Å². The molecule has 1 aliphatic carbocycles. The molecule has 0 unspecified atom stereocenters. The minimum Gasteiger partial charge on any atom is -0.338 e. The van der Waals surface area contributed by atoms with E-state index in [1.54, 1.807) is 17.7 Å². The van der Waals surface area contributed by atoms with Crippen molar-refractivity contribution in [1.29, 1.82) is 0 Å². The summed E-state index contributed by atoms with van der Waals surface area (Å²) in [6.45, 7) is 4.91. The van der Waals surface area contributed by atoms with Crippen molar-refractivity contribution < 1.29 is 4.79 Å². The lowest BCUT2D eigenvalue weighted by molar-refractivity contribution is -0.138. The van der Waals surface area contributed by atoms with Crippen molar-refractivity contribution in [3.05, 3.63) is 27.1 Å². The molecule has 2 aromatic rings. The molecule has 1 saturated carbocycles. The van der Waals surface area contributed by atoms with Gasteiger partial charge in [0.05, 0.1) is 11.7 Å². The first kappa shape index (κ1) is 16.8. The standard InChI is InChI=1S/C19H25N3O2S/c1-12-13(2)25-18-17(12)19(24)21(11-20-18)10-16(23)22-9-5-7-14-6-3-4-8-15(14)22/h11,14-15H,3-10H2,1-2H3/t14-,15+/m1/s1. The highest BCUT2D eigenvalue weighted by Crippen LogP contribution is 2.35. The molecular weight excluding hydrogens is 334 g/mol. The molecule has 134 valence electrons. The summed E-state index contributed by atoms with van der Waals surface area (Å²) in [6, 6.07) is 0.382. The maximum atomic E-state index is 12.9. The molecule has 2 atom stereocenters.